The second-order valence-electron chi connectivity index (χ2n) is 10.4. The number of nitrogens with one attached hydrogen (secondary N) is 1. The van der Waals surface area contributed by atoms with Gasteiger partial charge in [0.25, 0.3) is 15.9 Å². The van der Waals surface area contributed by atoms with E-state index in [1.54, 1.807) is 23.1 Å². The summed E-state index contributed by atoms with van der Waals surface area (Å²) in [4.78, 5) is 21.2. The second-order valence-corrected chi connectivity index (χ2v) is 12.0. The van der Waals surface area contributed by atoms with E-state index in [0.717, 1.165) is 25.0 Å². The van der Waals surface area contributed by atoms with E-state index in [4.69, 9.17) is 0 Å². The average molecular weight is 597 g/mol. The van der Waals surface area contributed by atoms with Crippen LogP contribution in [0.1, 0.15) is 28.8 Å². The zero-order valence-electron chi connectivity index (χ0n) is 22.3. The van der Waals surface area contributed by atoms with E-state index in [1.807, 2.05) is 18.2 Å². The van der Waals surface area contributed by atoms with E-state index in [-0.39, 0.29) is 21.5 Å². The number of hydrogen-bond donors (Lipinski definition) is 1. The number of ether oxygens (including phenoxy) is 1. The van der Waals surface area contributed by atoms with Crippen molar-refractivity contribution in [2.75, 3.05) is 30.9 Å². The van der Waals surface area contributed by atoms with Gasteiger partial charge in [0.15, 0.2) is 5.75 Å². The maximum absolute atomic E-state index is 13.4. The molecule has 0 bridgehead atoms. The van der Waals surface area contributed by atoms with Gasteiger partial charge in [0.1, 0.15) is 4.90 Å². The Morgan fingerprint density at radius 1 is 0.905 bits per heavy atom. The van der Waals surface area contributed by atoms with E-state index in [9.17, 15) is 26.4 Å². The molecular formula is C30H27F3N4O4S. The zero-order valence-corrected chi connectivity index (χ0v) is 23.2. The van der Waals surface area contributed by atoms with Crippen LogP contribution in [0.3, 0.4) is 0 Å². The number of piperazine rings is 1. The van der Waals surface area contributed by atoms with Crippen LogP contribution in [-0.2, 0) is 15.6 Å². The summed E-state index contributed by atoms with van der Waals surface area (Å²) in [6.45, 7) is 2.07. The second kappa shape index (κ2) is 10.6. The molecule has 2 fully saturated rings. The number of anilines is 1. The number of hydrogen-bond acceptors (Lipinski definition) is 6. The van der Waals surface area contributed by atoms with Crippen LogP contribution in [0, 0.1) is 0 Å². The summed E-state index contributed by atoms with van der Waals surface area (Å²) in [6.07, 6.45) is -1.62. The Morgan fingerprint density at radius 3 is 2.31 bits per heavy atom. The van der Waals surface area contributed by atoms with Crippen molar-refractivity contribution in [1.82, 2.24) is 14.8 Å². The lowest BCUT2D eigenvalue weighted by Gasteiger charge is -2.40. The first-order valence-electron chi connectivity index (χ1n) is 13.4. The van der Waals surface area contributed by atoms with Crippen molar-refractivity contribution in [3.63, 3.8) is 0 Å². The molecular weight excluding hydrogens is 569 g/mol. The van der Waals surface area contributed by atoms with Crippen molar-refractivity contribution in [2.24, 2.45) is 0 Å². The molecule has 1 aromatic heterocycles. The molecule has 12 heteroatoms. The van der Waals surface area contributed by atoms with Crippen LogP contribution >= 0.6 is 0 Å². The van der Waals surface area contributed by atoms with Crippen LogP contribution < -0.4 is 9.46 Å². The molecule has 218 valence electrons. The Balaban J connectivity index is 1.22. The highest BCUT2D eigenvalue weighted by molar-refractivity contribution is 7.93. The van der Waals surface area contributed by atoms with Crippen molar-refractivity contribution in [3.8, 4) is 5.75 Å². The van der Waals surface area contributed by atoms with E-state index in [2.05, 4.69) is 31.5 Å². The predicted octanol–water partition coefficient (Wildman–Crippen LogP) is 5.38. The number of sulfonamides is 1. The lowest BCUT2D eigenvalue weighted by Crippen LogP contribution is -2.52. The summed E-state index contributed by atoms with van der Waals surface area (Å²) in [5.74, 6) is -1.29. The first kappa shape index (κ1) is 28.0. The van der Waals surface area contributed by atoms with Crippen LogP contribution in [0.4, 0.5) is 18.9 Å². The molecule has 1 N–H and O–H groups in total. The van der Waals surface area contributed by atoms with Gasteiger partial charge in [-0.1, -0.05) is 48.5 Å². The molecule has 0 atom stereocenters. The molecule has 3 aromatic carbocycles. The van der Waals surface area contributed by atoms with Crippen molar-refractivity contribution < 1.29 is 31.1 Å². The molecule has 0 unspecified atom stereocenters. The number of alkyl halides is 3. The van der Waals surface area contributed by atoms with Crippen molar-refractivity contribution in [1.29, 1.82) is 0 Å². The molecule has 1 saturated heterocycles. The lowest BCUT2D eigenvalue weighted by molar-refractivity contribution is -0.274. The minimum atomic E-state index is -5.12. The number of para-hydroxylation sites is 1. The fraction of sp³-hybridized carbons (Fsp3) is 0.267. The van der Waals surface area contributed by atoms with Crippen molar-refractivity contribution in [3.05, 3.63) is 96.2 Å². The summed E-state index contributed by atoms with van der Waals surface area (Å²) in [6, 6.07) is 21.4. The molecule has 8 nitrogen and oxygen atoms in total. The summed E-state index contributed by atoms with van der Waals surface area (Å²) in [7, 11) is -4.37. The van der Waals surface area contributed by atoms with Crippen molar-refractivity contribution in [2.45, 2.75) is 29.6 Å². The third-order valence-corrected chi connectivity index (χ3v) is 9.19. The minimum Gasteiger partial charge on any atom is -0.404 e. The average Bonchev–Trinajstić information content (AvgIpc) is 3.79. The normalized spacial score (nSPS) is 17.2. The van der Waals surface area contributed by atoms with Gasteiger partial charge < -0.3 is 9.64 Å². The quantitative estimate of drug-likeness (QED) is 0.308. The summed E-state index contributed by atoms with van der Waals surface area (Å²) in [5.41, 5.74) is 0.887. The van der Waals surface area contributed by atoms with Gasteiger partial charge in [0.2, 0.25) is 0 Å². The van der Waals surface area contributed by atoms with E-state index < -0.39 is 33.7 Å². The summed E-state index contributed by atoms with van der Waals surface area (Å²) in [5, 5.41) is 0.546. The number of nitrogens with zero attached hydrogens (tertiary/aromatic N) is 3. The predicted molar refractivity (Wildman–Crippen MR) is 151 cm³/mol. The first-order chi connectivity index (χ1) is 20.1. The molecule has 0 radical (unpaired) electrons. The fourth-order valence-corrected chi connectivity index (χ4v) is 6.87. The number of benzene rings is 3. The Labute approximate surface area is 240 Å². The van der Waals surface area contributed by atoms with Crippen LogP contribution in [-0.4, -0.2) is 61.7 Å². The van der Waals surface area contributed by atoms with E-state index in [0.29, 0.717) is 31.6 Å². The van der Waals surface area contributed by atoms with Gasteiger partial charge in [-0.2, -0.15) is 0 Å². The minimum absolute atomic E-state index is 0.0253. The lowest BCUT2D eigenvalue weighted by atomic mass is 10.0. The number of fused-ring (bicyclic) bond motifs is 1. The third-order valence-electron chi connectivity index (χ3n) is 7.79. The SMILES string of the molecule is O=C(c1ccc(NS(=O)(=O)c2cccc3cccnc23)c(OC(F)(F)F)c1)N1CCN(C2(c3ccccc3)CC2)CC1. The highest BCUT2D eigenvalue weighted by atomic mass is 32.2. The number of carbonyl (C=O) groups is 1. The van der Waals surface area contributed by atoms with Gasteiger partial charge in [-0.25, -0.2) is 8.42 Å². The van der Waals surface area contributed by atoms with Gasteiger partial charge in [-0.15, -0.1) is 13.2 Å². The molecule has 1 amide bonds. The monoisotopic (exact) mass is 596 g/mol. The third kappa shape index (κ3) is 5.51. The maximum atomic E-state index is 13.4. The number of rotatable bonds is 7. The highest BCUT2D eigenvalue weighted by Crippen LogP contribution is 2.51. The topological polar surface area (TPSA) is 91.8 Å². The number of amides is 1. The molecule has 0 spiro atoms. The number of carbonyl (C=O) groups excluding carboxylic acids is 1. The smallest absolute Gasteiger partial charge is 0.404 e. The van der Waals surface area contributed by atoms with Crippen LogP contribution in [0.5, 0.6) is 5.75 Å². The highest BCUT2D eigenvalue weighted by Gasteiger charge is 2.50. The molecule has 42 heavy (non-hydrogen) atoms. The van der Waals surface area contributed by atoms with E-state index in [1.165, 1.54) is 30.0 Å². The van der Waals surface area contributed by atoms with Crippen LogP contribution in [0.15, 0.2) is 90.0 Å². The Hall–Kier alpha value is -4.16. The zero-order chi connectivity index (χ0) is 29.5. The number of pyridine rings is 1. The Kier molecular flexibility index (Phi) is 7.06. The Bertz CT molecular complexity index is 1730. The van der Waals surface area contributed by atoms with E-state index >= 15 is 0 Å². The summed E-state index contributed by atoms with van der Waals surface area (Å²) < 4.78 is 73.0. The van der Waals surface area contributed by atoms with Crippen LogP contribution in [0.25, 0.3) is 10.9 Å². The van der Waals surface area contributed by atoms with Gasteiger partial charge in [0, 0.05) is 48.9 Å². The molecule has 1 saturated carbocycles. The number of aromatic nitrogens is 1. The molecule has 1 aliphatic carbocycles. The largest absolute Gasteiger partial charge is 0.573 e. The maximum Gasteiger partial charge on any atom is 0.573 e. The number of halogens is 3. The van der Waals surface area contributed by atoms with Gasteiger partial charge >= 0.3 is 6.36 Å². The fourth-order valence-electron chi connectivity index (χ4n) is 5.62. The van der Waals surface area contributed by atoms with Gasteiger partial charge in [-0.3, -0.25) is 19.4 Å². The Morgan fingerprint density at radius 2 is 1.62 bits per heavy atom. The van der Waals surface area contributed by atoms with Crippen molar-refractivity contribution >= 4 is 32.5 Å². The molecule has 2 heterocycles. The van der Waals surface area contributed by atoms with Gasteiger partial charge in [0.05, 0.1) is 11.2 Å². The first-order valence-corrected chi connectivity index (χ1v) is 14.9. The standard InChI is InChI=1S/C30H27F3N4O4S/c31-30(32,33)41-25-20-22(11-12-24(25)35-42(39,40)26-10-4-6-21-7-5-15-34-27(21)26)28(38)36-16-18-37(19-17-36)29(13-14-29)23-8-2-1-3-9-23/h1-12,15,20,35H,13-14,16-19H2. The molecule has 6 rings (SSSR count). The van der Waals surface area contributed by atoms with Gasteiger partial charge in [-0.05, 0) is 48.7 Å². The summed E-state index contributed by atoms with van der Waals surface area (Å²) >= 11 is 0. The molecule has 2 aliphatic rings. The van der Waals surface area contributed by atoms with Crippen LogP contribution in [0.2, 0.25) is 0 Å². The molecule has 4 aromatic rings. The molecule has 1 aliphatic heterocycles.